The van der Waals surface area contributed by atoms with Gasteiger partial charge in [0.1, 0.15) is 11.1 Å². The number of aromatic nitrogens is 2. The predicted octanol–water partition coefficient (Wildman–Crippen LogP) is 6.33. The van der Waals surface area contributed by atoms with Gasteiger partial charge in [-0.15, -0.1) is 0 Å². The molecule has 4 rings (SSSR count). The molecule has 38 heavy (non-hydrogen) atoms. The molecule has 2 aromatic heterocycles. The number of pyridine rings is 2. The fourth-order valence-electron chi connectivity index (χ4n) is 3.00. The molecule has 0 unspecified atom stereocenters. The van der Waals surface area contributed by atoms with Crippen LogP contribution in [-0.2, 0) is 0 Å². The van der Waals surface area contributed by atoms with Gasteiger partial charge < -0.3 is 0 Å². The van der Waals surface area contributed by atoms with E-state index in [4.69, 9.17) is 0 Å². The molecule has 0 saturated carbocycles. The van der Waals surface area contributed by atoms with E-state index in [1.54, 1.807) is 0 Å². The minimum absolute atomic E-state index is 0.0265. The van der Waals surface area contributed by atoms with Crippen LogP contribution in [0.1, 0.15) is 22.3 Å². The van der Waals surface area contributed by atoms with Gasteiger partial charge in [0.25, 0.3) is 0 Å². The van der Waals surface area contributed by atoms with Crippen molar-refractivity contribution in [3.63, 3.8) is 0 Å². The van der Waals surface area contributed by atoms with Crippen LogP contribution in [0.4, 0.5) is 43.9 Å². The molecule has 0 amide bonds. The summed E-state index contributed by atoms with van der Waals surface area (Å²) < 4.78 is 135. The van der Waals surface area contributed by atoms with Gasteiger partial charge in [0.05, 0.1) is 11.4 Å². The van der Waals surface area contributed by atoms with Crippen molar-refractivity contribution >= 4 is 0 Å². The van der Waals surface area contributed by atoms with Crippen molar-refractivity contribution in [3.8, 4) is 35.1 Å². The van der Waals surface area contributed by atoms with Crippen LogP contribution in [0.5, 0.6) is 0 Å². The van der Waals surface area contributed by atoms with Crippen molar-refractivity contribution in [2.45, 2.75) is 0 Å². The third kappa shape index (κ3) is 4.76. The molecular weight excluding hydrogens is 530 g/mol. The summed E-state index contributed by atoms with van der Waals surface area (Å²) in [6.07, 6.45) is 2.37. The van der Waals surface area contributed by atoms with Gasteiger partial charge in [0.2, 0.25) is 11.6 Å². The van der Waals surface area contributed by atoms with E-state index in [2.05, 4.69) is 21.8 Å². The molecule has 0 radical (unpaired) electrons. The number of hydrogen-bond acceptors (Lipinski definition) is 2. The summed E-state index contributed by atoms with van der Waals surface area (Å²) in [5, 5.41) is 0. The molecule has 0 atom stereocenters. The summed E-state index contributed by atoms with van der Waals surface area (Å²) in [7, 11) is 0. The van der Waals surface area contributed by atoms with Crippen molar-refractivity contribution in [3.05, 3.63) is 117 Å². The molecule has 0 aliphatic carbocycles. The second-order valence-electron chi connectivity index (χ2n) is 7.25. The Morgan fingerprint density at radius 3 is 1.00 bits per heavy atom. The van der Waals surface area contributed by atoms with Gasteiger partial charge in [-0.1, -0.05) is 23.7 Å². The van der Waals surface area contributed by atoms with Crippen LogP contribution in [0.2, 0.25) is 0 Å². The predicted molar refractivity (Wildman–Crippen MR) is 112 cm³/mol. The highest BCUT2D eigenvalue weighted by Crippen LogP contribution is 2.24. The third-order valence-electron chi connectivity index (χ3n) is 4.87. The van der Waals surface area contributed by atoms with E-state index >= 15 is 0 Å². The Balaban J connectivity index is 1.69. The first-order chi connectivity index (χ1) is 18.0. The van der Waals surface area contributed by atoms with Crippen LogP contribution in [-0.4, -0.2) is 9.97 Å². The fourth-order valence-corrected chi connectivity index (χ4v) is 3.00. The summed E-state index contributed by atoms with van der Waals surface area (Å²) >= 11 is 0. The number of benzene rings is 2. The Labute approximate surface area is 206 Å². The maximum atomic E-state index is 13.8. The summed E-state index contributed by atoms with van der Waals surface area (Å²) in [6, 6.07) is 5.00. The minimum Gasteiger partial charge on any atom is -0.255 e. The first-order valence-electron chi connectivity index (χ1n) is 10.0. The molecule has 12 heteroatoms. The minimum atomic E-state index is -2.33. The van der Waals surface area contributed by atoms with Crippen LogP contribution in [0.15, 0.2) is 36.7 Å². The van der Waals surface area contributed by atoms with Gasteiger partial charge in [0.15, 0.2) is 46.5 Å². The van der Waals surface area contributed by atoms with E-state index in [1.165, 1.54) is 36.7 Å². The fraction of sp³-hybridized carbons (Fsp3) is 0. The zero-order valence-corrected chi connectivity index (χ0v) is 18.1. The first kappa shape index (κ1) is 26.2. The van der Waals surface area contributed by atoms with Crippen LogP contribution in [0.3, 0.4) is 0 Å². The SMILES string of the molecule is Fc1c(F)c(F)c(C#Cc2ccnc(-c3cc(C#Cc4c(F)c(F)c(F)c(F)c4F)ccn3)c2)c(F)c1F. The molecule has 4 aromatic rings. The monoisotopic (exact) mass is 536 g/mol. The molecule has 0 aliphatic heterocycles. The third-order valence-corrected chi connectivity index (χ3v) is 4.87. The molecule has 0 spiro atoms. The van der Waals surface area contributed by atoms with Gasteiger partial charge in [-0.25, -0.2) is 43.9 Å². The summed E-state index contributed by atoms with van der Waals surface area (Å²) in [4.78, 5) is 8.01. The second-order valence-corrected chi connectivity index (χ2v) is 7.25. The van der Waals surface area contributed by atoms with E-state index in [0.29, 0.717) is 0 Å². The molecule has 0 bridgehead atoms. The van der Waals surface area contributed by atoms with Gasteiger partial charge in [-0.2, -0.15) is 0 Å². The number of rotatable bonds is 1. The molecule has 0 N–H and O–H groups in total. The van der Waals surface area contributed by atoms with E-state index < -0.39 is 69.3 Å². The maximum Gasteiger partial charge on any atom is 0.200 e. The average Bonchev–Trinajstić information content (AvgIpc) is 2.93. The van der Waals surface area contributed by atoms with Crippen molar-refractivity contribution in [1.29, 1.82) is 0 Å². The number of halogens is 10. The van der Waals surface area contributed by atoms with Crippen LogP contribution < -0.4 is 0 Å². The molecule has 2 nitrogen and oxygen atoms in total. The average molecular weight is 536 g/mol. The molecule has 2 heterocycles. The maximum absolute atomic E-state index is 13.8. The summed E-state index contributed by atoms with van der Waals surface area (Å²) in [6.45, 7) is 0. The van der Waals surface area contributed by atoms with Gasteiger partial charge >= 0.3 is 0 Å². The Morgan fingerprint density at radius 1 is 0.395 bits per heavy atom. The van der Waals surface area contributed by atoms with E-state index in [0.717, 1.165) is 0 Å². The molecule has 0 saturated heterocycles. The highest BCUT2D eigenvalue weighted by Gasteiger charge is 2.25. The highest BCUT2D eigenvalue weighted by atomic mass is 19.2. The van der Waals surface area contributed by atoms with Gasteiger partial charge in [-0.3, -0.25) is 9.97 Å². The van der Waals surface area contributed by atoms with Crippen LogP contribution in [0.25, 0.3) is 11.4 Å². The molecule has 0 aliphatic rings. The first-order valence-corrected chi connectivity index (χ1v) is 10.0. The molecule has 0 fully saturated rings. The van der Waals surface area contributed by atoms with E-state index in [1.807, 2.05) is 11.8 Å². The normalized spacial score (nSPS) is 10.5. The number of nitrogens with zero attached hydrogens (tertiary/aromatic N) is 2. The molecular formula is C26H6F10N2. The topological polar surface area (TPSA) is 25.8 Å². The Kier molecular flexibility index (Phi) is 7.08. The number of hydrogen-bond donors (Lipinski definition) is 0. The van der Waals surface area contributed by atoms with Crippen LogP contribution >= 0.6 is 0 Å². The van der Waals surface area contributed by atoms with Crippen molar-refractivity contribution in [2.24, 2.45) is 0 Å². The lowest BCUT2D eigenvalue weighted by Gasteiger charge is -2.03. The van der Waals surface area contributed by atoms with Crippen molar-refractivity contribution in [2.75, 3.05) is 0 Å². The second kappa shape index (κ2) is 10.3. The Morgan fingerprint density at radius 2 is 0.684 bits per heavy atom. The lowest BCUT2D eigenvalue weighted by molar-refractivity contribution is 0.376. The van der Waals surface area contributed by atoms with E-state index in [9.17, 15) is 43.9 Å². The van der Waals surface area contributed by atoms with Crippen molar-refractivity contribution < 1.29 is 43.9 Å². The lowest BCUT2D eigenvalue weighted by Crippen LogP contribution is -2.04. The van der Waals surface area contributed by atoms with Crippen LogP contribution in [0, 0.1) is 81.9 Å². The standard InChI is InChI=1S/C26H6F10N2/c27-17-13(18(28)22(32)25(35)21(17)31)3-1-11-5-7-37-15(9-11)16-10-12(6-8-38-16)2-4-14-19(29)23(33)26(36)24(34)20(14)30/h5-10H. The zero-order valence-electron chi connectivity index (χ0n) is 18.1. The Hall–Kier alpha value is -4.84. The van der Waals surface area contributed by atoms with Gasteiger partial charge in [-0.05, 0) is 24.3 Å². The Bertz CT molecular complexity index is 1560. The largest absolute Gasteiger partial charge is 0.255 e. The smallest absolute Gasteiger partial charge is 0.200 e. The lowest BCUT2D eigenvalue weighted by atomic mass is 10.1. The quantitative estimate of drug-likeness (QED) is 0.123. The summed E-state index contributed by atoms with van der Waals surface area (Å²) in [5.74, 6) is -13.4. The zero-order chi connectivity index (χ0) is 27.7. The van der Waals surface area contributed by atoms with Gasteiger partial charge in [0, 0.05) is 23.5 Å². The highest BCUT2D eigenvalue weighted by molar-refractivity contribution is 5.60. The van der Waals surface area contributed by atoms with Crippen molar-refractivity contribution in [1.82, 2.24) is 9.97 Å². The molecule has 190 valence electrons. The summed E-state index contributed by atoms with van der Waals surface area (Å²) in [5.41, 5.74) is -2.48. The van der Waals surface area contributed by atoms with E-state index in [-0.39, 0.29) is 22.5 Å². The molecule has 2 aromatic carbocycles.